The lowest BCUT2D eigenvalue weighted by molar-refractivity contribution is 0.140. The Morgan fingerprint density at radius 1 is 1.36 bits per heavy atom. The van der Waals surface area contributed by atoms with Crippen molar-refractivity contribution < 1.29 is 14.6 Å². The van der Waals surface area contributed by atoms with Gasteiger partial charge in [0.1, 0.15) is 0 Å². The monoisotopic (exact) mass is 196 g/mol. The van der Waals surface area contributed by atoms with E-state index in [0.717, 1.165) is 18.4 Å². The molecule has 0 atom stereocenters. The Bertz CT molecular complexity index is 345. The summed E-state index contributed by atoms with van der Waals surface area (Å²) in [5.74, 6) is -0.913. The molecule has 76 valence electrons. The summed E-state index contributed by atoms with van der Waals surface area (Å²) in [7, 11) is 0. The van der Waals surface area contributed by atoms with Gasteiger partial charge in [0.05, 0.1) is 5.60 Å². The van der Waals surface area contributed by atoms with E-state index in [2.05, 4.69) is 0 Å². The van der Waals surface area contributed by atoms with Gasteiger partial charge in [0.2, 0.25) is 0 Å². The molecule has 0 bridgehead atoms. The molecular weight excluding hydrogens is 183 g/mol. The van der Waals surface area contributed by atoms with Crippen molar-refractivity contribution in [3.05, 3.63) is 29.6 Å². The van der Waals surface area contributed by atoms with Crippen LogP contribution in [0, 0.1) is 5.82 Å². The van der Waals surface area contributed by atoms with Crippen LogP contribution in [0.2, 0.25) is 0 Å². The van der Waals surface area contributed by atoms with Crippen molar-refractivity contribution in [2.75, 3.05) is 0 Å². The molecule has 0 aliphatic heterocycles. The van der Waals surface area contributed by atoms with Gasteiger partial charge in [-0.15, -0.1) is 0 Å². The molecule has 1 aromatic carbocycles. The first-order valence-corrected chi connectivity index (χ1v) is 4.79. The number of hydrogen-bond acceptors (Lipinski definition) is 2. The number of aliphatic hydroxyl groups is 1. The van der Waals surface area contributed by atoms with Gasteiger partial charge in [-0.1, -0.05) is 6.07 Å². The largest absolute Gasteiger partial charge is 0.505 e. The van der Waals surface area contributed by atoms with Crippen LogP contribution in [0.15, 0.2) is 18.2 Å². The molecule has 3 heteroatoms. The number of aromatic hydroxyl groups is 1. The van der Waals surface area contributed by atoms with Gasteiger partial charge < -0.3 is 10.2 Å². The van der Waals surface area contributed by atoms with E-state index in [1.807, 2.05) is 0 Å². The molecule has 0 aromatic heterocycles. The molecule has 0 unspecified atom stereocenters. The predicted octanol–water partition coefficient (Wildman–Crippen LogP) is 1.99. The number of phenols is 1. The van der Waals surface area contributed by atoms with Gasteiger partial charge in [-0.25, -0.2) is 4.39 Å². The SMILES string of the molecule is Oc1ccc(CCC2(O)CC2)cc1F. The average molecular weight is 196 g/mol. The van der Waals surface area contributed by atoms with E-state index in [-0.39, 0.29) is 5.75 Å². The molecule has 0 heterocycles. The molecule has 0 spiro atoms. The van der Waals surface area contributed by atoms with Crippen LogP contribution in [-0.4, -0.2) is 15.8 Å². The van der Waals surface area contributed by atoms with E-state index < -0.39 is 11.4 Å². The van der Waals surface area contributed by atoms with Crippen molar-refractivity contribution in [3.63, 3.8) is 0 Å². The highest BCUT2D eigenvalue weighted by Gasteiger charge is 2.39. The molecule has 2 rings (SSSR count). The lowest BCUT2D eigenvalue weighted by atomic mass is 10.1. The lowest BCUT2D eigenvalue weighted by Crippen LogP contribution is -2.07. The first kappa shape index (κ1) is 9.46. The highest BCUT2D eigenvalue weighted by Crippen LogP contribution is 2.39. The molecule has 2 nitrogen and oxygen atoms in total. The van der Waals surface area contributed by atoms with Gasteiger partial charge in [0, 0.05) is 0 Å². The topological polar surface area (TPSA) is 40.5 Å². The van der Waals surface area contributed by atoms with Gasteiger partial charge in [0.25, 0.3) is 0 Å². The summed E-state index contributed by atoms with van der Waals surface area (Å²) in [4.78, 5) is 0. The standard InChI is InChI=1S/C11H13FO2/c12-9-7-8(1-2-10(9)13)3-4-11(14)5-6-11/h1-2,7,13-14H,3-6H2. The molecule has 1 saturated carbocycles. The van der Waals surface area contributed by atoms with E-state index in [1.54, 1.807) is 6.07 Å². The zero-order valence-corrected chi connectivity index (χ0v) is 7.83. The fraction of sp³-hybridized carbons (Fsp3) is 0.455. The van der Waals surface area contributed by atoms with E-state index in [9.17, 15) is 9.50 Å². The molecule has 14 heavy (non-hydrogen) atoms. The average Bonchev–Trinajstić information content (AvgIpc) is 2.87. The molecule has 1 fully saturated rings. The predicted molar refractivity (Wildman–Crippen MR) is 50.6 cm³/mol. The Hall–Kier alpha value is -1.09. The minimum absolute atomic E-state index is 0.320. The van der Waals surface area contributed by atoms with E-state index in [4.69, 9.17) is 5.11 Å². The molecule has 1 aliphatic rings. The molecular formula is C11H13FO2. The highest BCUT2D eigenvalue weighted by molar-refractivity contribution is 5.28. The first-order chi connectivity index (χ1) is 6.59. The summed E-state index contributed by atoms with van der Waals surface area (Å²) in [6.45, 7) is 0. The lowest BCUT2D eigenvalue weighted by Gasteiger charge is -2.07. The van der Waals surface area contributed by atoms with Gasteiger partial charge in [0.15, 0.2) is 11.6 Å². The maximum atomic E-state index is 12.9. The Labute approximate surface area is 82.0 Å². The molecule has 0 saturated heterocycles. The minimum Gasteiger partial charge on any atom is -0.505 e. The summed E-state index contributed by atoms with van der Waals surface area (Å²) in [5, 5.41) is 18.5. The Kier molecular flexibility index (Phi) is 2.19. The summed E-state index contributed by atoms with van der Waals surface area (Å²) >= 11 is 0. The summed E-state index contributed by atoms with van der Waals surface area (Å²) in [6, 6.07) is 4.35. The first-order valence-electron chi connectivity index (χ1n) is 4.79. The van der Waals surface area contributed by atoms with Crippen LogP contribution in [0.25, 0.3) is 0 Å². The van der Waals surface area contributed by atoms with Gasteiger partial charge >= 0.3 is 0 Å². The number of hydrogen-bond donors (Lipinski definition) is 2. The van der Waals surface area contributed by atoms with Crippen LogP contribution in [-0.2, 0) is 6.42 Å². The van der Waals surface area contributed by atoms with Gasteiger partial charge in [-0.3, -0.25) is 0 Å². The van der Waals surface area contributed by atoms with Gasteiger partial charge in [-0.05, 0) is 43.4 Å². The molecule has 2 N–H and O–H groups in total. The Morgan fingerprint density at radius 2 is 2.07 bits per heavy atom. The number of rotatable bonds is 3. The summed E-state index contributed by atoms with van der Waals surface area (Å²) in [6.07, 6.45) is 3.05. The van der Waals surface area contributed by atoms with E-state index in [1.165, 1.54) is 12.1 Å². The summed E-state index contributed by atoms with van der Waals surface area (Å²) in [5.41, 5.74) is 0.328. The summed E-state index contributed by atoms with van der Waals surface area (Å²) < 4.78 is 12.9. The van der Waals surface area contributed by atoms with Crippen molar-refractivity contribution in [2.24, 2.45) is 0 Å². The third-order valence-electron chi connectivity index (χ3n) is 2.72. The second-order valence-electron chi connectivity index (χ2n) is 4.01. The third kappa shape index (κ3) is 2.04. The van der Waals surface area contributed by atoms with Crippen LogP contribution in [0.1, 0.15) is 24.8 Å². The van der Waals surface area contributed by atoms with Crippen molar-refractivity contribution in [3.8, 4) is 5.75 Å². The number of phenolic OH excluding ortho intramolecular Hbond substituents is 1. The Morgan fingerprint density at radius 3 is 2.64 bits per heavy atom. The second-order valence-corrected chi connectivity index (χ2v) is 4.01. The van der Waals surface area contributed by atoms with Crippen molar-refractivity contribution >= 4 is 0 Å². The normalized spacial score (nSPS) is 18.1. The van der Waals surface area contributed by atoms with E-state index in [0.29, 0.717) is 12.8 Å². The minimum atomic E-state index is -0.592. The third-order valence-corrected chi connectivity index (χ3v) is 2.72. The number of halogens is 1. The van der Waals surface area contributed by atoms with Crippen LogP contribution < -0.4 is 0 Å². The van der Waals surface area contributed by atoms with E-state index >= 15 is 0 Å². The second kappa shape index (κ2) is 3.24. The fourth-order valence-corrected chi connectivity index (χ4v) is 1.48. The smallest absolute Gasteiger partial charge is 0.165 e. The Balaban J connectivity index is 1.99. The van der Waals surface area contributed by atoms with Crippen LogP contribution in [0.4, 0.5) is 4.39 Å². The molecule has 0 amide bonds. The van der Waals surface area contributed by atoms with Crippen molar-refractivity contribution in [1.82, 2.24) is 0 Å². The van der Waals surface area contributed by atoms with Crippen molar-refractivity contribution in [2.45, 2.75) is 31.3 Å². The fourth-order valence-electron chi connectivity index (χ4n) is 1.48. The zero-order valence-electron chi connectivity index (χ0n) is 7.83. The molecule has 1 aliphatic carbocycles. The maximum Gasteiger partial charge on any atom is 0.165 e. The van der Waals surface area contributed by atoms with Crippen LogP contribution in [0.5, 0.6) is 5.75 Å². The number of benzene rings is 1. The highest BCUT2D eigenvalue weighted by atomic mass is 19.1. The quantitative estimate of drug-likeness (QED) is 0.776. The maximum absolute atomic E-state index is 12.9. The van der Waals surface area contributed by atoms with Crippen LogP contribution in [0.3, 0.4) is 0 Å². The molecule has 1 aromatic rings. The number of aryl methyl sites for hydroxylation is 1. The van der Waals surface area contributed by atoms with Gasteiger partial charge in [-0.2, -0.15) is 0 Å². The zero-order chi connectivity index (χ0) is 10.2. The molecule has 0 radical (unpaired) electrons. The van der Waals surface area contributed by atoms with Crippen molar-refractivity contribution in [1.29, 1.82) is 0 Å². The van der Waals surface area contributed by atoms with Crippen LogP contribution >= 0.6 is 0 Å².